The fraction of sp³-hybridized carbons (Fsp3) is 0. The van der Waals surface area contributed by atoms with Crippen molar-refractivity contribution in [1.82, 2.24) is 0 Å². The molecule has 0 saturated carbocycles. The average molecular weight is 270 g/mol. The first-order valence-corrected chi connectivity index (χ1v) is 7.75. The molecule has 0 saturated heterocycles. The van der Waals surface area contributed by atoms with Gasteiger partial charge < -0.3 is 0 Å². The van der Waals surface area contributed by atoms with Crippen molar-refractivity contribution in [2.75, 3.05) is 0 Å². The zero-order valence-electron chi connectivity index (χ0n) is 9.50. The van der Waals surface area contributed by atoms with Gasteiger partial charge in [0.15, 0.2) is 0 Å². The van der Waals surface area contributed by atoms with Gasteiger partial charge in [-0.25, -0.2) is 0 Å². The van der Waals surface area contributed by atoms with Crippen LogP contribution in [0, 0.1) is 0 Å². The summed E-state index contributed by atoms with van der Waals surface area (Å²) in [5.41, 5.74) is 2.01. The summed E-state index contributed by atoms with van der Waals surface area (Å²) in [5, 5.41) is 0. The normalized spacial score (nSPS) is 14.3. The molecule has 88 valence electrons. The van der Waals surface area contributed by atoms with E-state index in [1.807, 2.05) is 60.7 Å². The molecule has 3 rings (SSSR count). The molecule has 1 heterocycles. The zero-order valence-corrected chi connectivity index (χ0v) is 11.1. The Kier molecular flexibility index (Phi) is 3.09. The van der Waals surface area contributed by atoms with Crippen LogP contribution in [-0.4, -0.2) is 15.5 Å². The first-order valence-electron chi connectivity index (χ1n) is 5.60. The molecule has 2 aromatic rings. The summed E-state index contributed by atoms with van der Waals surface area (Å²) in [6, 6.07) is 19.7. The third-order valence-corrected chi connectivity index (χ3v) is 5.20. The molecule has 0 N–H and O–H groups in total. The molecule has 2 aromatic carbocycles. The molecule has 0 bridgehead atoms. The van der Waals surface area contributed by atoms with Crippen molar-refractivity contribution in [3.05, 3.63) is 71.8 Å². The highest BCUT2D eigenvalue weighted by Crippen LogP contribution is 2.08. The minimum absolute atomic E-state index is 0.141. The Labute approximate surface area is 112 Å². The van der Waals surface area contributed by atoms with Crippen LogP contribution in [0.2, 0.25) is 0 Å². The molecule has 0 amide bonds. The second kappa shape index (κ2) is 4.88. The summed E-state index contributed by atoms with van der Waals surface area (Å²) in [6.07, 6.45) is 0. The summed E-state index contributed by atoms with van der Waals surface area (Å²) >= 11 is 0. The molecule has 0 spiro atoms. The molecule has 1 nitrogen and oxygen atoms in total. The first-order chi connectivity index (χ1) is 8.86. The van der Waals surface area contributed by atoms with Crippen LogP contribution in [0.25, 0.3) is 0 Å². The van der Waals surface area contributed by atoms with Crippen LogP contribution in [-0.2, 0) is 24.6 Å². The van der Waals surface area contributed by atoms with E-state index in [0.29, 0.717) is 0 Å². The van der Waals surface area contributed by atoms with E-state index in [1.54, 1.807) is 19.8 Å². The van der Waals surface area contributed by atoms with E-state index in [0.717, 1.165) is 20.9 Å². The van der Waals surface area contributed by atoms with Crippen LogP contribution in [0.1, 0.15) is 11.1 Å². The maximum Gasteiger partial charge on any atom is 0.215 e. The van der Waals surface area contributed by atoms with Crippen LogP contribution >= 0.6 is 0 Å². The molecule has 0 aliphatic carbocycles. The van der Waals surface area contributed by atoms with Gasteiger partial charge in [0.1, 0.15) is 0 Å². The molecule has 0 unspecified atom stereocenters. The molecular weight excluding hydrogens is 260 g/mol. The maximum absolute atomic E-state index is 12.4. The molecule has 0 aromatic heterocycles. The van der Waals surface area contributed by atoms with Crippen molar-refractivity contribution in [3.63, 3.8) is 0 Å². The van der Waals surface area contributed by atoms with Gasteiger partial charge in [0, 0.05) is 0 Å². The van der Waals surface area contributed by atoms with Gasteiger partial charge in [0.2, 0.25) is 5.78 Å². The van der Waals surface area contributed by atoms with Gasteiger partial charge in [-0.3, -0.25) is 4.79 Å². The number of rotatable bonds is 2. The first kappa shape index (κ1) is 11.4. The van der Waals surface area contributed by atoms with E-state index in [2.05, 4.69) is 0 Å². The highest BCUT2D eigenvalue weighted by molar-refractivity contribution is 8.28. The summed E-state index contributed by atoms with van der Waals surface area (Å²) in [5.74, 6) is 0.141. The number of hydrogen-bond acceptors (Lipinski definition) is 1. The number of Topliss-reactive ketones (excluding diaryl/α,β-unsaturated/α-hetero) is 1. The number of benzene rings is 2. The van der Waals surface area contributed by atoms with E-state index in [4.69, 9.17) is 0 Å². The lowest BCUT2D eigenvalue weighted by Gasteiger charge is -2.02. The van der Waals surface area contributed by atoms with Gasteiger partial charge in [0.05, 0.1) is 9.73 Å². The number of carbonyl (C=O) groups is 1. The Morgan fingerprint density at radius 1 is 0.611 bits per heavy atom. The van der Waals surface area contributed by atoms with Crippen molar-refractivity contribution in [2.24, 2.45) is 0 Å². The summed E-state index contributed by atoms with van der Waals surface area (Å²) < 4.78 is 0. The van der Waals surface area contributed by atoms with Crippen molar-refractivity contribution in [3.8, 4) is 0 Å². The SMILES string of the molecule is O=C1C(c2ccccc2)=S=S=C1c1ccccc1. The van der Waals surface area contributed by atoms with Gasteiger partial charge in [-0.05, 0) is 11.1 Å². The Bertz CT molecular complexity index is 643. The number of hydrogen-bond donors (Lipinski definition) is 0. The van der Waals surface area contributed by atoms with Gasteiger partial charge in [-0.15, -0.1) is 0 Å². The van der Waals surface area contributed by atoms with Crippen molar-refractivity contribution in [1.29, 1.82) is 0 Å². The fourth-order valence-corrected chi connectivity index (χ4v) is 4.38. The minimum Gasteiger partial charge on any atom is -0.287 e. The lowest BCUT2D eigenvalue weighted by molar-refractivity contribution is -0.106. The van der Waals surface area contributed by atoms with Crippen molar-refractivity contribution >= 4 is 35.3 Å². The largest absolute Gasteiger partial charge is 0.287 e. The molecule has 0 atom stereocenters. The Hall–Kier alpha value is -1.71. The van der Waals surface area contributed by atoms with E-state index in [1.165, 1.54) is 0 Å². The molecular formula is C15H10OS2. The molecule has 1 aliphatic rings. The lowest BCUT2D eigenvalue weighted by atomic mass is 10.0. The maximum atomic E-state index is 12.4. The van der Waals surface area contributed by atoms with Crippen LogP contribution in [0.4, 0.5) is 0 Å². The highest BCUT2D eigenvalue weighted by atomic mass is 32.8. The lowest BCUT2D eigenvalue weighted by Crippen LogP contribution is -2.22. The van der Waals surface area contributed by atoms with Gasteiger partial charge in [0.25, 0.3) is 0 Å². The van der Waals surface area contributed by atoms with E-state index in [-0.39, 0.29) is 5.78 Å². The monoisotopic (exact) mass is 270 g/mol. The van der Waals surface area contributed by atoms with E-state index >= 15 is 0 Å². The second-order valence-corrected chi connectivity index (χ2v) is 6.04. The summed E-state index contributed by atoms with van der Waals surface area (Å²) in [6.45, 7) is 0. The molecule has 0 fully saturated rings. The van der Waals surface area contributed by atoms with Crippen molar-refractivity contribution in [2.45, 2.75) is 0 Å². The van der Waals surface area contributed by atoms with Crippen LogP contribution in [0.3, 0.4) is 0 Å². The molecule has 0 radical (unpaired) electrons. The predicted molar refractivity (Wildman–Crippen MR) is 80.8 cm³/mol. The van der Waals surface area contributed by atoms with Crippen molar-refractivity contribution < 1.29 is 4.79 Å². The third-order valence-electron chi connectivity index (χ3n) is 2.69. The average Bonchev–Trinajstić information content (AvgIpc) is 2.83. The Morgan fingerprint density at radius 3 is 1.39 bits per heavy atom. The summed E-state index contributed by atoms with van der Waals surface area (Å²) in [7, 11) is 3.11. The fourth-order valence-electron chi connectivity index (χ4n) is 1.80. The van der Waals surface area contributed by atoms with Gasteiger partial charge >= 0.3 is 0 Å². The van der Waals surface area contributed by atoms with Gasteiger partial charge in [-0.1, -0.05) is 80.5 Å². The van der Waals surface area contributed by atoms with Crippen LogP contribution in [0.5, 0.6) is 0 Å². The number of ketones is 1. The van der Waals surface area contributed by atoms with Gasteiger partial charge in [-0.2, -0.15) is 0 Å². The topological polar surface area (TPSA) is 17.1 Å². The molecule has 1 aliphatic heterocycles. The third kappa shape index (κ3) is 2.03. The quantitative estimate of drug-likeness (QED) is 0.764. The van der Waals surface area contributed by atoms with E-state index < -0.39 is 0 Å². The standard InChI is InChI=1S/C15H10OS2/c16-13-14(11-7-3-1-4-8-11)17-18-15(13)12-9-5-2-6-10-12/h1-10H. The smallest absolute Gasteiger partial charge is 0.215 e. The molecule has 3 heteroatoms. The highest BCUT2D eigenvalue weighted by Gasteiger charge is 2.21. The number of carbonyl (C=O) groups excluding carboxylic acids is 1. The van der Waals surface area contributed by atoms with Crippen LogP contribution in [0.15, 0.2) is 60.7 Å². The molecule has 18 heavy (non-hydrogen) atoms. The second-order valence-electron chi connectivity index (χ2n) is 3.89. The minimum atomic E-state index is 0.141. The van der Waals surface area contributed by atoms with E-state index in [9.17, 15) is 4.79 Å². The zero-order chi connectivity index (χ0) is 12.4. The Morgan fingerprint density at radius 2 is 1.00 bits per heavy atom. The summed E-state index contributed by atoms with van der Waals surface area (Å²) in [4.78, 5) is 14.1. The van der Waals surface area contributed by atoms with Crippen LogP contribution < -0.4 is 0 Å². The Balaban J connectivity index is 2.07. The predicted octanol–water partition coefficient (Wildman–Crippen LogP) is 2.09.